The van der Waals surface area contributed by atoms with Crippen LogP contribution in [0, 0.1) is 3.57 Å². The molecule has 0 bridgehead atoms. The van der Waals surface area contributed by atoms with Gasteiger partial charge in [-0.05, 0) is 28.7 Å². The third kappa shape index (κ3) is 1.73. The number of hydrogen-bond acceptors (Lipinski definition) is 2. The lowest BCUT2D eigenvalue weighted by Crippen LogP contribution is -1.91. The fraction of sp³-hybridized carbons (Fsp3) is 0.167. The predicted molar refractivity (Wildman–Crippen MR) is 51.5 cm³/mol. The fourth-order valence-electron chi connectivity index (χ4n) is 0.591. The summed E-state index contributed by atoms with van der Waals surface area (Å²) >= 11 is 7.83. The molecule has 0 unspecified atom stereocenters. The van der Waals surface area contributed by atoms with E-state index in [4.69, 9.17) is 11.6 Å². The van der Waals surface area contributed by atoms with Crippen molar-refractivity contribution < 1.29 is 0 Å². The molecule has 0 fully saturated rings. The van der Waals surface area contributed by atoms with Crippen LogP contribution in [-0.4, -0.2) is 12.0 Å². The number of anilines is 1. The summed E-state index contributed by atoms with van der Waals surface area (Å²) in [6.07, 6.45) is 1.71. The first-order chi connectivity index (χ1) is 4.74. The number of pyridine rings is 1. The Morgan fingerprint density at radius 1 is 1.70 bits per heavy atom. The van der Waals surface area contributed by atoms with E-state index in [2.05, 4.69) is 32.9 Å². The average molecular weight is 268 g/mol. The molecule has 0 aliphatic rings. The molecule has 0 aromatic carbocycles. The predicted octanol–water partition coefficient (Wildman–Crippen LogP) is 2.38. The van der Waals surface area contributed by atoms with E-state index in [0.717, 1.165) is 9.26 Å². The largest absolute Gasteiger partial charge is 0.386 e. The summed E-state index contributed by atoms with van der Waals surface area (Å²) in [7, 11) is 1.85. The number of aromatic nitrogens is 1. The van der Waals surface area contributed by atoms with Crippen molar-refractivity contribution in [2.45, 2.75) is 0 Å². The topological polar surface area (TPSA) is 24.9 Å². The van der Waals surface area contributed by atoms with Crippen molar-refractivity contribution in [2.75, 3.05) is 12.4 Å². The summed E-state index contributed by atoms with van der Waals surface area (Å²) in [5.41, 5.74) is 1.00. The molecule has 2 nitrogen and oxygen atoms in total. The van der Waals surface area contributed by atoms with Crippen LogP contribution < -0.4 is 5.32 Å². The highest BCUT2D eigenvalue weighted by Gasteiger charge is 1.97. The first-order valence-corrected chi connectivity index (χ1v) is 4.18. The van der Waals surface area contributed by atoms with Gasteiger partial charge in [-0.15, -0.1) is 0 Å². The van der Waals surface area contributed by atoms with Gasteiger partial charge in [0.2, 0.25) is 0 Å². The van der Waals surface area contributed by atoms with Gasteiger partial charge in [0, 0.05) is 10.6 Å². The first-order valence-electron chi connectivity index (χ1n) is 2.73. The summed E-state index contributed by atoms with van der Waals surface area (Å²) in [5, 5.41) is 3.52. The molecule has 1 aromatic heterocycles. The Labute approximate surface area is 78.1 Å². The average Bonchev–Trinajstić information content (AvgIpc) is 1.88. The Morgan fingerprint density at radius 3 is 2.90 bits per heavy atom. The number of halogens is 2. The minimum Gasteiger partial charge on any atom is -0.386 e. The Balaban J connectivity index is 3.07. The number of hydrogen-bond donors (Lipinski definition) is 1. The molecule has 1 rings (SSSR count). The fourth-order valence-corrected chi connectivity index (χ4v) is 1.64. The standard InChI is InChI=1S/C6H6ClIN2/c1-9-5-3-10-6(7)2-4(5)8/h2-3,9H,1H3. The molecule has 1 aromatic rings. The van der Waals surface area contributed by atoms with E-state index in [9.17, 15) is 0 Å². The maximum Gasteiger partial charge on any atom is 0.130 e. The first kappa shape index (κ1) is 8.07. The second kappa shape index (κ2) is 3.39. The highest BCUT2D eigenvalue weighted by Crippen LogP contribution is 2.18. The second-order valence-electron chi connectivity index (χ2n) is 1.74. The van der Waals surface area contributed by atoms with Crippen LogP contribution in [0.25, 0.3) is 0 Å². The maximum absolute atomic E-state index is 5.63. The van der Waals surface area contributed by atoms with Crippen LogP contribution in [0.15, 0.2) is 12.3 Å². The summed E-state index contributed by atoms with van der Waals surface area (Å²) in [5.74, 6) is 0. The molecule has 0 saturated carbocycles. The molecule has 0 atom stereocenters. The van der Waals surface area contributed by atoms with Gasteiger partial charge in [-0.1, -0.05) is 11.6 Å². The molecule has 0 radical (unpaired) electrons. The Morgan fingerprint density at radius 2 is 2.40 bits per heavy atom. The molecule has 0 aliphatic heterocycles. The molecule has 0 saturated heterocycles. The van der Waals surface area contributed by atoms with Gasteiger partial charge in [0.25, 0.3) is 0 Å². The monoisotopic (exact) mass is 268 g/mol. The third-order valence-electron chi connectivity index (χ3n) is 1.09. The highest BCUT2D eigenvalue weighted by atomic mass is 127. The molecule has 1 N–H and O–H groups in total. The van der Waals surface area contributed by atoms with E-state index in [1.807, 2.05) is 13.1 Å². The van der Waals surface area contributed by atoms with Gasteiger partial charge in [-0.2, -0.15) is 0 Å². The SMILES string of the molecule is CNc1cnc(Cl)cc1I. The summed E-state index contributed by atoms with van der Waals surface area (Å²) in [4.78, 5) is 3.91. The van der Waals surface area contributed by atoms with Gasteiger partial charge in [0.15, 0.2) is 0 Å². The number of rotatable bonds is 1. The van der Waals surface area contributed by atoms with Gasteiger partial charge >= 0.3 is 0 Å². The Hall–Kier alpha value is -0.0300. The Kier molecular flexibility index (Phi) is 2.73. The summed E-state index contributed by atoms with van der Waals surface area (Å²) in [6, 6.07) is 1.81. The maximum atomic E-state index is 5.63. The van der Waals surface area contributed by atoms with Crippen LogP contribution in [0.5, 0.6) is 0 Å². The summed E-state index contributed by atoms with van der Waals surface area (Å²) in [6.45, 7) is 0. The molecule has 0 aliphatic carbocycles. The van der Waals surface area contributed by atoms with Gasteiger partial charge < -0.3 is 5.32 Å². The molecule has 0 amide bonds. The van der Waals surface area contributed by atoms with Crippen molar-refractivity contribution in [2.24, 2.45) is 0 Å². The van der Waals surface area contributed by atoms with Crippen molar-refractivity contribution in [1.82, 2.24) is 4.98 Å². The zero-order valence-electron chi connectivity index (χ0n) is 5.36. The van der Waals surface area contributed by atoms with Gasteiger partial charge in [-0.3, -0.25) is 0 Å². The van der Waals surface area contributed by atoms with E-state index in [0.29, 0.717) is 5.15 Å². The van der Waals surface area contributed by atoms with E-state index in [1.54, 1.807) is 6.20 Å². The lowest BCUT2D eigenvalue weighted by molar-refractivity contribution is 1.30. The van der Waals surface area contributed by atoms with Crippen LogP contribution >= 0.6 is 34.2 Å². The van der Waals surface area contributed by atoms with E-state index in [-0.39, 0.29) is 0 Å². The van der Waals surface area contributed by atoms with Crippen molar-refractivity contribution in [3.8, 4) is 0 Å². The molecule has 54 valence electrons. The van der Waals surface area contributed by atoms with Crippen molar-refractivity contribution in [3.63, 3.8) is 0 Å². The van der Waals surface area contributed by atoms with Crippen LogP contribution in [0.1, 0.15) is 0 Å². The highest BCUT2D eigenvalue weighted by molar-refractivity contribution is 14.1. The molecule has 1 heterocycles. The molecule has 0 spiro atoms. The van der Waals surface area contributed by atoms with Crippen molar-refractivity contribution >= 4 is 39.9 Å². The van der Waals surface area contributed by atoms with E-state index in [1.165, 1.54) is 0 Å². The van der Waals surface area contributed by atoms with E-state index >= 15 is 0 Å². The minimum atomic E-state index is 0.531. The van der Waals surface area contributed by atoms with Crippen molar-refractivity contribution in [3.05, 3.63) is 21.0 Å². The van der Waals surface area contributed by atoms with Gasteiger partial charge in [0.1, 0.15) is 5.15 Å². The van der Waals surface area contributed by atoms with E-state index < -0.39 is 0 Å². The Bertz CT molecular complexity index is 239. The second-order valence-corrected chi connectivity index (χ2v) is 3.29. The molecular formula is C6H6ClIN2. The summed E-state index contributed by atoms with van der Waals surface area (Å²) < 4.78 is 1.08. The smallest absolute Gasteiger partial charge is 0.130 e. The molecular weight excluding hydrogens is 262 g/mol. The number of nitrogens with one attached hydrogen (secondary N) is 1. The molecule has 10 heavy (non-hydrogen) atoms. The quantitative estimate of drug-likeness (QED) is 0.625. The number of nitrogens with zero attached hydrogens (tertiary/aromatic N) is 1. The third-order valence-corrected chi connectivity index (χ3v) is 2.19. The van der Waals surface area contributed by atoms with Crippen LogP contribution in [0.4, 0.5) is 5.69 Å². The lowest BCUT2D eigenvalue weighted by Gasteiger charge is -2.00. The molecule has 4 heteroatoms. The van der Waals surface area contributed by atoms with Crippen LogP contribution in [0.3, 0.4) is 0 Å². The zero-order valence-corrected chi connectivity index (χ0v) is 8.27. The zero-order chi connectivity index (χ0) is 7.56. The minimum absolute atomic E-state index is 0.531. The van der Waals surface area contributed by atoms with Crippen LogP contribution in [-0.2, 0) is 0 Å². The van der Waals surface area contributed by atoms with Crippen molar-refractivity contribution in [1.29, 1.82) is 0 Å². The van der Waals surface area contributed by atoms with Gasteiger partial charge in [-0.25, -0.2) is 4.98 Å². The van der Waals surface area contributed by atoms with Crippen LogP contribution in [0.2, 0.25) is 5.15 Å². The lowest BCUT2D eigenvalue weighted by atomic mass is 10.4. The van der Waals surface area contributed by atoms with Gasteiger partial charge in [0.05, 0.1) is 11.9 Å². The normalized spacial score (nSPS) is 9.50.